The predicted molar refractivity (Wildman–Crippen MR) is 131 cm³/mol. The Hall–Kier alpha value is -4.66. The number of fused-ring (bicyclic) bond motifs is 2. The fourth-order valence-corrected chi connectivity index (χ4v) is 5.31. The average molecular weight is 464 g/mol. The Morgan fingerprint density at radius 1 is 1.12 bits per heavy atom. The molecule has 8 heteroatoms. The predicted octanol–water partition coefficient (Wildman–Crippen LogP) is 2.42. The topological polar surface area (TPSA) is 129 Å². The van der Waals surface area contributed by atoms with Crippen LogP contribution in [0.25, 0.3) is 28.4 Å². The molecule has 2 aromatic heterocycles. The Kier molecular flexibility index (Phi) is 5.01. The van der Waals surface area contributed by atoms with Crippen LogP contribution in [0, 0.1) is 29.6 Å². The molecule has 0 radical (unpaired) electrons. The number of nitriles is 2. The first-order chi connectivity index (χ1) is 16.4. The first kappa shape index (κ1) is 21.2. The second-order valence-electron chi connectivity index (χ2n) is 7.91. The maximum absolute atomic E-state index is 13.4. The highest BCUT2D eigenvalue weighted by molar-refractivity contribution is 7.07. The van der Waals surface area contributed by atoms with Crippen LogP contribution in [0.5, 0.6) is 5.75 Å². The molecular formula is C26H17N5O2S. The number of phenolic OH excluding ortho intramolecular Hbond substituents is 1. The van der Waals surface area contributed by atoms with Crippen LogP contribution < -0.4 is 20.5 Å². The van der Waals surface area contributed by atoms with E-state index in [1.807, 2.05) is 31.2 Å². The summed E-state index contributed by atoms with van der Waals surface area (Å²) in [5, 5.41) is 30.8. The summed E-state index contributed by atoms with van der Waals surface area (Å²) in [6, 6.07) is 18.7. The molecule has 1 atom stereocenters. The van der Waals surface area contributed by atoms with E-state index in [1.165, 1.54) is 10.6 Å². The van der Waals surface area contributed by atoms with Gasteiger partial charge in [-0.05, 0) is 36.3 Å². The van der Waals surface area contributed by atoms with Gasteiger partial charge < -0.3 is 10.8 Å². The van der Waals surface area contributed by atoms with E-state index >= 15 is 0 Å². The second-order valence-corrected chi connectivity index (χ2v) is 8.94. The number of aryl methyl sites for hydroxylation is 1. The Bertz CT molecular complexity index is 1780. The molecule has 0 fully saturated rings. The maximum Gasteiger partial charge on any atom is 0.274 e. The number of pyridine rings is 1. The van der Waals surface area contributed by atoms with Gasteiger partial charge in [-0.25, -0.2) is 0 Å². The summed E-state index contributed by atoms with van der Waals surface area (Å²) in [6.07, 6.45) is 3.27. The van der Waals surface area contributed by atoms with Crippen molar-refractivity contribution < 1.29 is 5.11 Å². The smallest absolute Gasteiger partial charge is 0.274 e. The van der Waals surface area contributed by atoms with Gasteiger partial charge in [0, 0.05) is 11.6 Å². The number of aromatic nitrogens is 2. The standard InChI is InChI=1S/C26H17N5O2S/c1-14-4-6-15(7-5-14)22-18(12-27)24(29)31-25(33)21(34-26(31)19(22)13-28)11-16-8-9-20(32)23-17(16)3-2-10-30-23/h2-11,22,32H,29H2,1H3/b21-11+. The molecule has 0 spiro atoms. The summed E-state index contributed by atoms with van der Waals surface area (Å²) in [5.41, 5.74) is 9.32. The summed E-state index contributed by atoms with van der Waals surface area (Å²) in [7, 11) is 0. The molecule has 7 nitrogen and oxygen atoms in total. The van der Waals surface area contributed by atoms with Crippen LogP contribution in [-0.4, -0.2) is 14.7 Å². The maximum atomic E-state index is 13.4. The number of thiazole rings is 1. The number of benzene rings is 2. The molecule has 0 saturated heterocycles. The number of nitrogens with two attached hydrogens (primary N) is 1. The van der Waals surface area contributed by atoms with Gasteiger partial charge >= 0.3 is 0 Å². The monoisotopic (exact) mass is 463 g/mol. The highest BCUT2D eigenvalue weighted by atomic mass is 32.1. The zero-order valence-electron chi connectivity index (χ0n) is 18.0. The molecule has 34 heavy (non-hydrogen) atoms. The van der Waals surface area contributed by atoms with Crippen LogP contribution >= 0.6 is 11.3 Å². The van der Waals surface area contributed by atoms with Crippen molar-refractivity contribution in [1.82, 2.24) is 9.55 Å². The number of aromatic hydroxyl groups is 1. The van der Waals surface area contributed by atoms with Crippen molar-refractivity contribution in [2.24, 2.45) is 5.73 Å². The van der Waals surface area contributed by atoms with Crippen molar-refractivity contribution in [1.29, 1.82) is 10.5 Å². The van der Waals surface area contributed by atoms with Crippen LogP contribution in [0.1, 0.15) is 22.6 Å². The molecule has 3 N–H and O–H groups in total. The van der Waals surface area contributed by atoms with E-state index in [0.717, 1.165) is 22.5 Å². The SMILES string of the molecule is Cc1ccc(C2C(C#N)=C(N)n3c(s/c(=C/c4ccc(O)c5ncccc45)c3=O)=C2C#N)cc1. The highest BCUT2D eigenvalue weighted by Crippen LogP contribution is 2.35. The van der Waals surface area contributed by atoms with E-state index in [1.54, 1.807) is 30.5 Å². The van der Waals surface area contributed by atoms with Crippen molar-refractivity contribution in [3.63, 3.8) is 0 Å². The summed E-state index contributed by atoms with van der Waals surface area (Å²) >= 11 is 1.15. The Morgan fingerprint density at radius 3 is 2.56 bits per heavy atom. The lowest BCUT2D eigenvalue weighted by Crippen LogP contribution is -2.38. The normalized spacial score (nSPS) is 15.8. The Labute approximate surface area is 197 Å². The molecule has 0 amide bonds. The molecule has 164 valence electrons. The minimum atomic E-state index is -0.653. The lowest BCUT2D eigenvalue weighted by molar-refractivity contribution is 0.480. The fourth-order valence-electron chi connectivity index (χ4n) is 4.19. The molecule has 0 bridgehead atoms. The van der Waals surface area contributed by atoms with Gasteiger partial charge in [-0.3, -0.25) is 14.3 Å². The van der Waals surface area contributed by atoms with E-state index < -0.39 is 11.5 Å². The van der Waals surface area contributed by atoms with Crippen LogP contribution in [-0.2, 0) is 0 Å². The van der Waals surface area contributed by atoms with Crippen LogP contribution in [0.4, 0.5) is 0 Å². The van der Waals surface area contributed by atoms with Crippen molar-refractivity contribution >= 4 is 39.7 Å². The minimum Gasteiger partial charge on any atom is -0.506 e. The van der Waals surface area contributed by atoms with Gasteiger partial charge in [-0.15, -0.1) is 11.3 Å². The number of hydrogen-bond donors (Lipinski definition) is 2. The third-order valence-corrected chi connectivity index (χ3v) is 6.98. The molecule has 0 saturated carbocycles. The summed E-state index contributed by atoms with van der Waals surface area (Å²) in [4.78, 5) is 17.6. The third-order valence-electron chi connectivity index (χ3n) is 5.87. The van der Waals surface area contributed by atoms with Gasteiger partial charge in [-0.2, -0.15) is 10.5 Å². The van der Waals surface area contributed by atoms with Crippen LogP contribution in [0.3, 0.4) is 0 Å². The molecule has 2 aromatic carbocycles. The van der Waals surface area contributed by atoms with Gasteiger partial charge in [0.1, 0.15) is 21.8 Å². The number of allylic oxidation sites excluding steroid dienone is 1. The summed E-state index contributed by atoms with van der Waals surface area (Å²) in [5.74, 6) is -0.581. The lowest BCUT2D eigenvalue weighted by atomic mass is 9.84. The van der Waals surface area contributed by atoms with Crippen molar-refractivity contribution in [3.05, 3.63) is 96.5 Å². The Morgan fingerprint density at radius 2 is 1.85 bits per heavy atom. The van der Waals surface area contributed by atoms with Gasteiger partial charge in [0.2, 0.25) is 0 Å². The van der Waals surface area contributed by atoms with E-state index in [0.29, 0.717) is 31.2 Å². The van der Waals surface area contributed by atoms with Crippen molar-refractivity contribution in [2.75, 3.05) is 0 Å². The molecule has 1 aliphatic heterocycles. The van der Waals surface area contributed by atoms with Crippen molar-refractivity contribution in [3.8, 4) is 17.9 Å². The average Bonchev–Trinajstić information content (AvgIpc) is 3.17. The van der Waals surface area contributed by atoms with E-state index in [9.17, 15) is 20.4 Å². The summed E-state index contributed by atoms with van der Waals surface area (Å²) < 4.78 is 2.00. The fraction of sp³-hybridized carbons (Fsp3) is 0.0769. The molecule has 1 aliphatic rings. The molecule has 5 rings (SSSR count). The first-order valence-electron chi connectivity index (χ1n) is 10.4. The van der Waals surface area contributed by atoms with Gasteiger partial charge in [0.25, 0.3) is 5.56 Å². The van der Waals surface area contributed by atoms with Crippen LogP contribution in [0.15, 0.2) is 65.1 Å². The molecular weight excluding hydrogens is 446 g/mol. The summed E-state index contributed by atoms with van der Waals surface area (Å²) in [6.45, 7) is 1.95. The molecule has 1 unspecified atom stereocenters. The minimum absolute atomic E-state index is 0.0280. The van der Waals surface area contributed by atoms with Crippen molar-refractivity contribution in [2.45, 2.75) is 12.8 Å². The third kappa shape index (κ3) is 3.17. The number of phenols is 1. The molecule has 4 aromatic rings. The Balaban J connectivity index is 1.83. The largest absolute Gasteiger partial charge is 0.506 e. The van der Waals surface area contributed by atoms with Gasteiger partial charge in [-0.1, -0.05) is 42.0 Å². The van der Waals surface area contributed by atoms with E-state index in [-0.39, 0.29) is 17.1 Å². The van der Waals surface area contributed by atoms with E-state index in [4.69, 9.17) is 5.73 Å². The van der Waals surface area contributed by atoms with E-state index in [2.05, 4.69) is 17.1 Å². The molecule has 3 heterocycles. The quantitative estimate of drug-likeness (QED) is 0.470. The zero-order chi connectivity index (χ0) is 24.0. The highest BCUT2D eigenvalue weighted by Gasteiger charge is 2.32. The number of rotatable bonds is 2. The van der Waals surface area contributed by atoms with Crippen LogP contribution in [0.2, 0.25) is 0 Å². The number of nitrogens with zero attached hydrogens (tertiary/aromatic N) is 4. The first-order valence-corrected chi connectivity index (χ1v) is 11.2. The number of hydrogen-bond acceptors (Lipinski definition) is 7. The molecule has 0 aliphatic carbocycles. The van der Waals surface area contributed by atoms with Gasteiger partial charge in [0.15, 0.2) is 0 Å². The zero-order valence-corrected chi connectivity index (χ0v) is 18.8. The lowest BCUT2D eigenvalue weighted by Gasteiger charge is -2.22. The second kappa shape index (κ2) is 8.04. The van der Waals surface area contributed by atoms with Gasteiger partial charge in [0.05, 0.1) is 33.7 Å².